The number of benzene rings is 1. The predicted octanol–water partition coefficient (Wildman–Crippen LogP) is 3.01. The molecule has 0 heterocycles. The topological polar surface area (TPSA) is 38.0 Å². The van der Waals surface area contributed by atoms with Gasteiger partial charge in [-0.15, -0.1) is 0 Å². The van der Waals surface area contributed by atoms with Gasteiger partial charge in [0.1, 0.15) is 5.82 Å². The standard InChI is InChI=1S/C13H18BrFN2/c1-8(9-2-3-9)13(17-16)7-10-6-11(14)4-5-12(10)15/h4-6,8-9,13,17H,2-3,7,16H2,1H3. The average molecular weight is 301 g/mol. The first kappa shape index (κ1) is 13.0. The summed E-state index contributed by atoms with van der Waals surface area (Å²) in [5.41, 5.74) is 3.55. The summed E-state index contributed by atoms with van der Waals surface area (Å²) < 4.78 is 14.6. The van der Waals surface area contributed by atoms with Gasteiger partial charge >= 0.3 is 0 Å². The molecule has 2 nitrogen and oxygen atoms in total. The van der Waals surface area contributed by atoms with Gasteiger partial charge in [0.2, 0.25) is 0 Å². The molecule has 0 aromatic heterocycles. The van der Waals surface area contributed by atoms with Crippen molar-refractivity contribution in [1.82, 2.24) is 5.43 Å². The molecule has 3 N–H and O–H groups in total. The van der Waals surface area contributed by atoms with Crippen LogP contribution in [0, 0.1) is 17.7 Å². The normalized spacial score (nSPS) is 19.1. The van der Waals surface area contributed by atoms with Gasteiger partial charge in [0.25, 0.3) is 0 Å². The predicted molar refractivity (Wildman–Crippen MR) is 70.8 cm³/mol. The second kappa shape index (κ2) is 5.46. The van der Waals surface area contributed by atoms with Crippen molar-refractivity contribution in [3.63, 3.8) is 0 Å². The molecule has 17 heavy (non-hydrogen) atoms. The highest BCUT2D eigenvalue weighted by Crippen LogP contribution is 2.38. The number of nitrogens with one attached hydrogen (secondary N) is 1. The number of hydrogen-bond donors (Lipinski definition) is 2. The summed E-state index contributed by atoms with van der Waals surface area (Å²) in [6, 6.07) is 5.19. The maximum atomic E-state index is 13.7. The summed E-state index contributed by atoms with van der Waals surface area (Å²) in [4.78, 5) is 0. The van der Waals surface area contributed by atoms with Crippen molar-refractivity contribution in [2.75, 3.05) is 0 Å². The van der Waals surface area contributed by atoms with Crippen LogP contribution in [0.3, 0.4) is 0 Å². The van der Waals surface area contributed by atoms with Crippen molar-refractivity contribution in [3.8, 4) is 0 Å². The number of halogens is 2. The first-order valence-corrected chi connectivity index (χ1v) is 6.81. The molecular formula is C13H18BrFN2. The number of hydrogen-bond acceptors (Lipinski definition) is 2. The van der Waals surface area contributed by atoms with Crippen LogP contribution in [0.15, 0.2) is 22.7 Å². The molecule has 4 heteroatoms. The van der Waals surface area contributed by atoms with Gasteiger partial charge in [0.15, 0.2) is 0 Å². The molecule has 1 aromatic carbocycles. The van der Waals surface area contributed by atoms with Crippen LogP contribution in [0.2, 0.25) is 0 Å². The van der Waals surface area contributed by atoms with Crippen LogP contribution in [-0.4, -0.2) is 6.04 Å². The smallest absolute Gasteiger partial charge is 0.126 e. The van der Waals surface area contributed by atoms with Gasteiger partial charge in [-0.1, -0.05) is 22.9 Å². The minimum Gasteiger partial charge on any atom is -0.271 e. The van der Waals surface area contributed by atoms with E-state index in [1.807, 2.05) is 6.07 Å². The van der Waals surface area contributed by atoms with Gasteiger partial charge in [-0.25, -0.2) is 4.39 Å². The lowest BCUT2D eigenvalue weighted by Gasteiger charge is -2.23. The van der Waals surface area contributed by atoms with Crippen molar-refractivity contribution in [1.29, 1.82) is 0 Å². The fourth-order valence-corrected chi connectivity index (χ4v) is 2.69. The molecule has 94 valence electrons. The maximum absolute atomic E-state index is 13.7. The quantitative estimate of drug-likeness (QED) is 0.648. The molecule has 0 bridgehead atoms. The van der Waals surface area contributed by atoms with E-state index in [0.717, 1.165) is 16.0 Å². The zero-order valence-corrected chi connectivity index (χ0v) is 11.5. The van der Waals surface area contributed by atoms with Crippen molar-refractivity contribution in [2.45, 2.75) is 32.2 Å². The highest BCUT2D eigenvalue weighted by Gasteiger charge is 2.33. The zero-order chi connectivity index (χ0) is 12.4. The van der Waals surface area contributed by atoms with Gasteiger partial charge in [0, 0.05) is 10.5 Å². The van der Waals surface area contributed by atoms with Crippen molar-refractivity contribution in [3.05, 3.63) is 34.1 Å². The fraction of sp³-hybridized carbons (Fsp3) is 0.538. The lowest BCUT2D eigenvalue weighted by molar-refractivity contribution is 0.340. The van der Waals surface area contributed by atoms with E-state index in [-0.39, 0.29) is 11.9 Å². The fourth-order valence-electron chi connectivity index (χ4n) is 2.28. The third kappa shape index (κ3) is 3.27. The van der Waals surface area contributed by atoms with E-state index in [4.69, 9.17) is 5.84 Å². The van der Waals surface area contributed by atoms with E-state index in [1.165, 1.54) is 18.9 Å². The van der Waals surface area contributed by atoms with Crippen LogP contribution in [0.4, 0.5) is 4.39 Å². The van der Waals surface area contributed by atoms with Gasteiger partial charge in [0.05, 0.1) is 0 Å². The van der Waals surface area contributed by atoms with Crippen LogP contribution >= 0.6 is 15.9 Å². The Balaban J connectivity index is 2.08. The Labute approximate surface area is 110 Å². The molecular weight excluding hydrogens is 283 g/mol. The summed E-state index contributed by atoms with van der Waals surface area (Å²) in [6.45, 7) is 2.19. The monoisotopic (exact) mass is 300 g/mol. The Morgan fingerprint density at radius 3 is 2.82 bits per heavy atom. The molecule has 2 atom stereocenters. The van der Waals surface area contributed by atoms with E-state index < -0.39 is 0 Å². The Kier molecular flexibility index (Phi) is 4.17. The SMILES string of the molecule is CC(C1CC1)C(Cc1cc(Br)ccc1F)NN. The average Bonchev–Trinajstić information content (AvgIpc) is 3.13. The molecule has 1 aliphatic carbocycles. The van der Waals surface area contributed by atoms with Crippen molar-refractivity contribution < 1.29 is 4.39 Å². The minimum absolute atomic E-state index is 0.145. The Bertz CT molecular complexity index is 393. The summed E-state index contributed by atoms with van der Waals surface area (Å²) >= 11 is 3.37. The van der Waals surface area contributed by atoms with E-state index in [0.29, 0.717) is 12.3 Å². The molecule has 2 unspecified atom stereocenters. The maximum Gasteiger partial charge on any atom is 0.126 e. The number of nitrogens with two attached hydrogens (primary N) is 1. The third-order valence-electron chi connectivity index (χ3n) is 3.66. The Hall–Kier alpha value is -0.450. The highest BCUT2D eigenvalue weighted by atomic mass is 79.9. The molecule has 1 aliphatic rings. The number of rotatable bonds is 5. The number of hydrazine groups is 1. The summed E-state index contributed by atoms with van der Waals surface area (Å²) in [6.07, 6.45) is 3.19. The molecule has 1 aromatic rings. The summed E-state index contributed by atoms with van der Waals surface area (Å²) in [7, 11) is 0. The van der Waals surface area contributed by atoms with E-state index in [1.54, 1.807) is 6.07 Å². The highest BCUT2D eigenvalue weighted by molar-refractivity contribution is 9.10. The molecule has 0 spiro atoms. The largest absolute Gasteiger partial charge is 0.271 e. The second-order valence-electron chi connectivity index (χ2n) is 4.91. The third-order valence-corrected chi connectivity index (χ3v) is 4.16. The van der Waals surface area contributed by atoms with Crippen LogP contribution in [0.5, 0.6) is 0 Å². The van der Waals surface area contributed by atoms with Crippen molar-refractivity contribution in [2.24, 2.45) is 17.7 Å². The van der Waals surface area contributed by atoms with E-state index in [2.05, 4.69) is 28.3 Å². The lowest BCUT2D eigenvalue weighted by atomic mass is 9.91. The van der Waals surface area contributed by atoms with Gasteiger partial charge < -0.3 is 0 Å². The zero-order valence-electron chi connectivity index (χ0n) is 9.92. The van der Waals surface area contributed by atoms with Crippen LogP contribution in [-0.2, 0) is 6.42 Å². The molecule has 1 saturated carbocycles. The lowest BCUT2D eigenvalue weighted by Crippen LogP contribution is -2.42. The van der Waals surface area contributed by atoms with E-state index in [9.17, 15) is 4.39 Å². The minimum atomic E-state index is -0.156. The van der Waals surface area contributed by atoms with Gasteiger partial charge in [-0.2, -0.15) is 0 Å². The van der Waals surface area contributed by atoms with Gasteiger partial charge in [-0.05, 0) is 54.9 Å². The molecule has 2 rings (SSSR count). The van der Waals surface area contributed by atoms with E-state index >= 15 is 0 Å². The first-order valence-electron chi connectivity index (χ1n) is 6.02. The Morgan fingerprint density at radius 1 is 1.53 bits per heavy atom. The molecule has 0 amide bonds. The second-order valence-corrected chi connectivity index (χ2v) is 5.83. The Morgan fingerprint density at radius 2 is 2.24 bits per heavy atom. The van der Waals surface area contributed by atoms with Crippen LogP contribution < -0.4 is 11.3 Å². The summed E-state index contributed by atoms with van der Waals surface area (Å²) in [5, 5.41) is 0. The molecule has 0 saturated heterocycles. The van der Waals surface area contributed by atoms with Crippen molar-refractivity contribution >= 4 is 15.9 Å². The molecule has 0 radical (unpaired) electrons. The first-order chi connectivity index (χ1) is 8.11. The molecule has 0 aliphatic heterocycles. The van der Waals surface area contributed by atoms with Gasteiger partial charge in [-0.3, -0.25) is 11.3 Å². The van der Waals surface area contributed by atoms with Crippen LogP contribution in [0.1, 0.15) is 25.3 Å². The summed E-state index contributed by atoms with van der Waals surface area (Å²) in [5.74, 6) is 6.69. The molecule has 1 fully saturated rings. The van der Waals surface area contributed by atoms with Crippen LogP contribution in [0.25, 0.3) is 0 Å².